The van der Waals surface area contributed by atoms with Crippen molar-refractivity contribution in [2.45, 2.75) is 25.7 Å². The third kappa shape index (κ3) is 2.91. The maximum absolute atomic E-state index is 10.8. The number of hydrogen-bond donors (Lipinski definition) is 1. The van der Waals surface area contributed by atoms with E-state index in [2.05, 4.69) is 5.32 Å². The molecule has 1 aliphatic carbocycles. The largest absolute Gasteiger partial charge is 0.490 e. The minimum Gasteiger partial charge on any atom is -0.490 e. The lowest BCUT2D eigenvalue weighted by Crippen LogP contribution is -2.11. The zero-order valence-corrected chi connectivity index (χ0v) is 10.5. The molecule has 1 fully saturated rings. The van der Waals surface area contributed by atoms with E-state index in [0.717, 1.165) is 18.2 Å². The van der Waals surface area contributed by atoms with E-state index in [9.17, 15) is 10.1 Å². The molecule has 2 rings (SSSR count). The maximum atomic E-state index is 10.8. The van der Waals surface area contributed by atoms with Crippen LogP contribution in [-0.4, -0.2) is 18.6 Å². The van der Waals surface area contributed by atoms with E-state index in [0.29, 0.717) is 5.75 Å². The number of methoxy groups -OCH3 is 1. The summed E-state index contributed by atoms with van der Waals surface area (Å²) >= 11 is 0. The topological polar surface area (TPSA) is 64.4 Å². The van der Waals surface area contributed by atoms with Gasteiger partial charge in [-0.15, -0.1) is 0 Å². The molecule has 1 N–H and O–H groups in total. The molecule has 98 valence electrons. The fraction of sp³-hybridized carbons (Fsp3) is 0.538. The van der Waals surface area contributed by atoms with Crippen molar-refractivity contribution in [1.29, 1.82) is 0 Å². The van der Waals surface area contributed by atoms with E-state index in [1.165, 1.54) is 38.9 Å². The monoisotopic (exact) mass is 250 g/mol. The fourth-order valence-corrected chi connectivity index (χ4v) is 2.42. The molecule has 18 heavy (non-hydrogen) atoms. The Morgan fingerprint density at radius 1 is 1.44 bits per heavy atom. The van der Waals surface area contributed by atoms with E-state index in [4.69, 9.17) is 4.74 Å². The van der Waals surface area contributed by atoms with E-state index in [-0.39, 0.29) is 5.69 Å². The summed E-state index contributed by atoms with van der Waals surface area (Å²) in [7, 11) is 1.45. The van der Waals surface area contributed by atoms with Crippen molar-refractivity contribution in [3.63, 3.8) is 0 Å². The Hall–Kier alpha value is -1.78. The van der Waals surface area contributed by atoms with Crippen molar-refractivity contribution >= 4 is 11.4 Å². The van der Waals surface area contributed by atoms with Gasteiger partial charge in [-0.2, -0.15) is 0 Å². The summed E-state index contributed by atoms with van der Waals surface area (Å²) in [6, 6.07) is 4.90. The van der Waals surface area contributed by atoms with Crippen molar-refractivity contribution in [1.82, 2.24) is 0 Å². The van der Waals surface area contributed by atoms with Gasteiger partial charge < -0.3 is 10.1 Å². The highest BCUT2D eigenvalue weighted by Crippen LogP contribution is 2.30. The van der Waals surface area contributed by atoms with Crippen molar-refractivity contribution in [2.24, 2.45) is 5.92 Å². The van der Waals surface area contributed by atoms with Crippen LogP contribution in [-0.2, 0) is 0 Å². The summed E-state index contributed by atoms with van der Waals surface area (Å²) < 4.78 is 5.04. The van der Waals surface area contributed by atoms with Gasteiger partial charge in [0.25, 0.3) is 0 Å². The van der Waals surface area contributed by atoms with Gasteiger partial charge in [-0.05, 0) is 24.8 Å². The van der Waals surface area contributed by atoms with Gasteiger partial charge in [-0.3, -0.25) is 10.1 Å². The van der Waals surface area contributed by atoms with Crippen LogP contribution in [0.1, 0.15) is 25.7 Å². The molecule has 0 amide bonds. The molecule has 0 unspecified atom stereocenters. The Morgan fingerprint density at radius 3 is 2.78 bits per heavy atom. The van der Waals surface area contributed by atoms with Gasteiger partial charge in [0.1, 0.15) is 0 Å². The second-order valence-electron chi connectivity index (χ2n) is 4.68. The van der Waals surface area contributed by atoms with Crippen molar-refractivity contribution in [3.8, 4) is 5.75 Å². The fourth-order valence-electron chi connectivity index (χ4n) is 2.42. The third-order valence-electron chi connectivity index (χ3n) is 3.45. The minimum absolute atomic E-state index is 0.00363. The normalized spacial score (nSPS) is 15.6. The van der Waals surface area contributed by atoms with Gasteiger partial charge in [0, 0.05) is 24.4 Å². The van der Waals surface area contributed by atoms with Gasteiger partial charge in [0.05, 0.1) is 12.0 Å². The first-order valence-corrected chi connectivity index (χ1v) is 6.27. The Bertz CT molecular complexity index is 428. The summed E-state index contributed by atoms with van der Waals surface area (Å²) in [5, 5.41) is 14.1. The lowest BCUT2D eigenvalue weighted by Gasteiger charge is -2.12. The lowest BCUT2D eigenvalue weighted by atomic mass is 10.1. The van der Waals surface area contributed by atoms with Gasteiger partial charge >= 0.3 is 5.69 Å². The number of rotatable bonds is 5. The average molecular weight is 250 g/mol. The van der Waals surface area contributed by atoms with Crippen LogP contribution < -0.4 is 10.1 Å². The number of nitrogens with one attached hydrogen (secondary N) is 1. The molecule has 1 aliphatic rings. The summed E-state index contributed by atoms with van der Waals surface area (Å²) in [5.74, 6) is 1.03. The van der Waals surface area contributed by atoms with E-state index < -0.39 is 4.92 Å². The average Bonchev–Trinajstić information content (AvgIpc) is 2.88. The van der Waals surface area contributed by atoms with Crippen LogP contribution in [0.15, 0.2) is 18.2 Å². The first-order chi connectivity index (χ1) is 8.70. The minimum atomic E-state index is -0.431. The molecule has 1 aromatic carbocycles. The maximum Gasteiger partial charge on any atom is 0.311 e. The molecule has 0 bridgehead atoms. The van der Waals surface area contributed by atoms with Gasteiger partial charge in [-0.1, -0.05) is 12.8 Å². The first kappa shape index (κ1) is 12.7. The van der Waals surface area contributed by atoms with E-state index in [1.54, 1.807) is 12.1 Å². The molecule has 0 heterocycles. The molecule has 1 aromatic rings. The number of ether oxygens (including phenoxy) is 1. The molecule has 1 saturated carbocycles. The van der Waals surface area contributed by atoms with Crippen molar-refractivity contribution in [3.05, 3.63) is 28.3 Å². The van der Waals surface area contributed by atoms with Crippen LogP contribution in [0.5, 0.6) is 5.75 Å². The predicted octanol–water partition coefficient (Wildman–Crippen LogP) is 3.21. The number of anilines is 1. The molecule has 0 saturated heterocycles. The Kier molecular flexibility index (Phi) is 4.02. The van der Waals surface area contributed by atoms with Crippen molar-refractivity contribution in [2.75, 3.05) is 19.0 Å². The predicted molar refractivity (Wildman–Crippen MR) is 70.1 cm³/mol. The highest BCUT2D eigenvalue weighted by molar-refractivity contribution is 5.57. The molecule has 5 heteroatoms. The van der Waals surface area contributed by atoms with Gasteiger partial charge in [0.15, 0.2) is 5.75 Å². The highest BCUT2D eigenvalue weighted by atomic mass is 16.6. The SMILES string of the molecule is COc1cc(NCC2CCCC2)ccc1[N+](=O)[O-]. The van der Waals surface area contributed by atoms with E-state index >= 15 is 0 Å². The van der Waals surface area contributed by atoms with Crippen LogP contribution >= 0.6 is 0 Å². The third-order valence-corrected chi connectivity index (χ3v) is 3.45. The van der Waals surface area contributed by atoms with Crippen LogP contribution in [0.3, 0.4) is 0 Å². The zero-order chi connectivity index (χ0) is 13.0. The van der Waals surface area contributed by atoms with Crippen LogP contribution in [0, 0.1) is 16.0 Å². The molecule has 0 aromatic heterocycles. The second-order valence-corrected chi connectivity index (χ2v) is 4.68. The molecular formula is C13H18N2O3. The van der Waals surface area contributed by atoms with Crippen LogP contribution in [0.25, 0.3) is 0 Å². The second kappa shape index (κ2) is 5.71. The van der Waals surface area contributed by atoms with Crippen molar-refractivity contribution < 1.29 is 9.66 Å². The molecule has 0 aliphatic heterocycles. The molecule has 0 atom stereocenters. The molecule has 5 nitrogen and oxygen atoms in total. The smallest absolute Gasteiger partial charge is 0.311 e. The van der Waals surface area contributed by atoms with Gasteiger partial charge in [-0.25, -0.2) is 0 Å². The molecule has 0 radical (unpaired) electrons. The number of hydrogen-bond acceptors (Lipinski definition) is 4. The summed E-state index contributed by atoms with van der Waals surface area (Å²) in [5.41, 5.74) is 0.883. The number of nitrogens with zero attached hydrogens (tertiary/aromatic N) is 1. The summed E-state index contributed by atoms with van der Waals surface area (Å²) in [4.78, 5) is 10.3. The van der Waals surface area contributed by atoms with Crippen LogP contribution in [0.2, 0.25) is 0 Å². The standard InChI is InChI=1S/C13H18N2O3/c1-18-13-8-11(6-7-12(13)15(16)17)14-9-10-4-2-3-5-10/h6-8,10,14H,2-5,9H2,1H3. The quantitative estimate of drug-likeness (QED) is 0.643. The Balaban J connectivity index is 2.02. The summed E-state index contributed by atoms with van der Waals surface area (Å²) in [6.07, 6.45) is 5.18. The van der Waals surface area contributed by atoms with E-state index in [1.807, 2.05) is 0 Å². The molecular weight excluding hydrogens is 232 g/mol. The Labute approximate surface area is 106 Å². The number of nitro groups is 1. The molecule has 0 spiro atoms. The number of benzene rings is 1. The summed E-state index contributed by atoms with van der Waals surface area (Å²) in [6.45, 7) is 0.932. The highest BCUT2D eigenvalue weighted by Gasteiger charge is 2.17. The first-order valence-electron chi connectivity index (χ1n) is 6.27. The Morgan fingerprint density at radius 2 is 2.17 bits per heavy atom. The zero-order valence-electron chi connectivity index (χ0n) is 10.5. The van der Waals surface area contributed by atoms with Crippen LogP contribution in [0.4, 0.5) is 11.4 Å². The van der Waals surface area contributed by atoms with Gasteiger partial charge in [0.2, 0.25) is 0 Å². The number of nitro benzene ring substituents is 1. The lowest BCUT2D eigenvalue weighted by molar-refractivity contribution is -0.385.